The first kappa shape index (κ1) is 11.4. The predicted molar refractivity (Wildman–Crippen MR) is 70.2 cm³/mol. The van der Waals surface area contributed by atoms with E-state index in [1.54, 1.807) is 0 Å². The molecule has 0 bridgehead atoms. The second kappa shape index (κ2) is 5.27. The second-order valence-electron chi connectivity index (χ2n) is 4.13. The van der Waals surface area contributed by atoms with Crippen LogP contribution in [0.25, 0.3) is 0 Å². The Bertz CT molecular complexity index is 368. The van der Waals surface area contributed by atoms with Gasteiger partial charge in [0.1, 0.15) is 0 Å². The molecule has 0 radical (unpaired) electrons. The molecule has 1 saturated heterocycles. The van der Waals surface area contributed by atoms with Gasteiger partial charge in [0.05, 0.1) is 13.3 Å². The van der Waals surface area contributed by atoms with E-state index in [0.717, 1.165) is 31.4 Å². The van der Waals surface area contributed by atoms with E-state index in [1.165, 1.54) is 11.1 Å². The van der Waals surface area contributed by atoms with Crippen molar-refractivity contribution in [3.8, 4) is 0 Å². The molecule has 4 heteroatoms. The summed E-state index contributed by atoms with van der Waals surface area (Å²) in [6.07, 6.45) is 1.08. The Kier molecular flexibility index (Phi) is 3.74. The zero-order chi connectivity index (χ0) is 11.4. The number of nitrogens with zero attached hydrogens (tertiary/aromatic N) is 1. The van der Waals surface area contributed by atoms with E-state index in [4.69, 9.17) is 12.2 Å². The van der Waals surface area contributed by atoms with Crippen LogP contribution in [0.15, 0.2) is 24.3 Å². The fourth-order valence-corrected chi connectivity index (χ4v) is 1.93. The van der Waals surface area contributed by atoms with E-state index in [1.807, 2.05) is 0 Å². The smallest absolute Gasteiger partial charge is 0.168 e. The lowest BCUT2D eigenvalue weighted by Crippen LogP contribution is -2.54. The van der Waals surface area contributed by atoms with Gasteiger partial charge in [-0.2, -0.15) is 0 Å². The summed E-state index contributed by atoms with van der Waals surface area (Å²) in [6.45, 7) is 4.87. The summed E-state index contributed by atoms with van der Waals surface area (Å²) in [5.74, 6) is 0. The highest BCUT2D eigenvalue weighted by Gasteiger charge is 2.10. The van der Waals surface area contributed by atoms with Gasteiger partial charge in [-0.25, -0.2) is 0 Å². The molecule has 0 amide bonds. The SMILES string of the molecule is Cc1cccc(CCN2CNC(=S)NC2)c1. The first-order valence-electron chi connectivity index (χ1n) is 5.53. The summed E-state index contributed by atoms with van der Waals surface area (Å²) in [6, 6.07) is 8.68. The molecule has 0 unspecified atom stereocenters. The highest BCUT2D eigenvalue weighted by Crippen LogP contribution is 2.05. The summed E-state index contributed by atoms with van der Waals surface area (Å²) in [4.78, 5) is 2.30. The third-order valence-electron chi connectivity index (χ3n) is 2.73. The van der Waals surface area contributed by atoms with Crippen LogP contribution >= 0.6 is 12.2 Å². The van der Waals surface area contributed by atoms with E-state index in [9.17, 15) is 0 Å². The van der Waals surface area contributed by atoms with Gasteiger partial charge in [-0.3, -0.25) is 4.90 Å². The fourth-order valence-electron chi connectivity index (χ4n) is 1.80. The molecule has 1 heterocycles. The number of benzene rings is 1. The second-order valence-corrected chi connectivity index (χ2v) is 4.54. The monoisotopic (exact) mass is 235 g/mol. The van der Waals surface area contributed by atoms with E-state index in [-0.39, 0.29) is 0 Å². The van der Waals surface area contributed by atoms with Gasteiger partial charge in [0.15, 0.2) is 5.11 Å². The quantitative estimate of drug-likeness (QED) is 0.771. The minimum Gasteiger partial charge on any atom is -0.350 e. The van der Waals surface area contributed by atoms with Crippen LogP contribution in [0.3, 0.4) is 0 Å². The van der Waals surface area contributed by atoms with Crippen LogP contribution in [-0.2, 0) is 6.42 Å². The molecule has 0 atom stereocenters. The van der Waals surface area contributed by atoms with Gasteiger partial charge in [-0.15, -0.1) is 0 Å². The number of nitrogens with one attached hydrogen (secondary N) is 2. The maximum Gasteiger partial charge on any atom is 0.168 e. The van der Waals surface area contributed by atoms with Crippen LogP contribution in [0.5, 0.6) is 0 Å². The highest BCUT2D eigenvalue weighted by atomic mass is 32.1. The maximum absolute atomic E-state index is 5.00. The minimum absolute atomic E-state index is 0.756. The van der Waals surface area contributed by atoms with Crippen molar-refractivity contribution in [2.75, 3.05) is 19.9 Å². The zero-order valence-electron chi connectivity index (χ0n) is 9.49. The predicted octanol–water partition coefficient (Wildman–Crippen LogP) is 1.23. The van der Waals surface area contributed by atoms with Crippen LogP contribution < -0.4 is 10.6 Å². The number of hydrogen-bond acceptors (Lipinski definition) is 2. The highest BCUT2D eigenvalue weighted by molar-refractivity contribution is 7.80. The van der Waals surface area contributed by atoms with Crippen molar-refractivity contribution in [3.05, 3.63) is 35.4 Å². The van der Waals surface area contributed by atoms with Crippen molar-refractivity contribution in [1.29, 1.82) is 0 Å². The Morgan fingerprint density at radius 1 is 1.31 bits per heavy atom. The molecule has 0 saturated carbocycles. The molecule has 0 aliphatic carbocycles. The van der Waals surface area contributed by atoms with Crippen LogP contribution in [-0.4, -0.2) is 29.9 Å². The Labute approximate surface area is 102 Å². The molecule has 3 nitrogen and oxygen atoms in total. The van der Waals surface area contributed by atoms with Crippen LogP contribution in [0.4, 0.5) is 0 Å². The standard InChI is InChI=1S/C12H17N3S/c1-10-3-2-4-11(7-10)5-6-15-8-13-12(16)14-9-15/h2-4,7H,5-6,8-9H2,1H3,(H2,13,14,16). The van der Waals surface area contributed by atoms with E-state index < -0.39 is 0 Å². The number of rotatable bonds is 3. The molecule has 2 N–H and O–H groups in total. The minimum atomic E-state index is 0.756. The summed E-state index contributed by atoms with van der Waals surface area (Å²) in [5.41, 5.74) is 2.72. The number of thiocarbonyl (C=S) groups is 1. The first-order valence-corrected chi connectivity index (χ1v) is 5.94. The van der Waals surface area contributed by atoms with E-state index >= 15 is 0 Å². The maximum atomic E-state index is 5.00. The number of aryl methyl sites for hydroxylation is 1. The van der Waals surface area contributed by atoms with Crippen LogP contribution in [0.2, 0.25) is 0 Å². The summed E-state index contributed by atoms with van der Waals surface area (Å²) < 4.78 is 0. The van der Waals surface area contributed by atoms with Gasteiger partial charge in [-0.1, -0.05) is 29.8 Å². The lowest BCUT2D eigenvalue weighted by atomic mass is 10.1. The molecule has 86 valence electrons. The summed E-state index contributed by atoms with van der Waals surface area (Å²) in [5, 5.41) is 7.01. The van der Waals surface area contributed by atoms with Crippen molar-refractivity contribution in [2.45, 2.75) is 13.3 Å². The lowest BCUT2D eigenvalue weighted by molar-refractivity contribution is 0.247. The van der Waals surface area contributed by atoms with Gasteiger partial charge in [0, 0.05) is 6.54 Å². The molecule has 1 aromatic rings. The third kappa shape index (κ3) is 3.18. The third-order valence-corrected chi connectivity index (χ3v) is 3.01. The van der Waals surface area contributed by atoms with E-state index in [0.29, 0.717) is 0 Å². The lowest BCUT2D eigenvalue weighted by Gasteiger charge is -2.29. The Morgan fingerprint density at radius 3 is 2.75 bits per heavy atom. The number of hydrogen-bond donors (Lipinski definition) is 2. The Balaban J connectivity index is 1.81. The van der Waals surface area contributed by atoms with E-state index in [2.05, 4.69) is 46.7 Å². The summed E-state index contributed by atoms with van der Waals surface area (Å²) in [7, 11) is 0. The average molecular weight is 235 g/mol. The first-order chi connectivity index (χ1) is 7.74. The van der Waals surface area contributed by atoms with Crippen LogP contribution in [0, 0.1) is 6.92 Å². The topological polar surface area (TPSA) is 27.3 Å². The molecule has 16 heavy (non-hydrogen) atoms. The molecular formula is C12H17N3S. The molecule has 0 aromatic heterocycles. The van der Waals surface area contributed by atoms with Gasteiger partial charge >= 0.3 is 0 Å². The van der Waals surface area contributed by atoms with Crippen molar-refractivity contribution < 1.29 is 0 Å². The molecule has 1 aliphatic rings. The Morgan fingerprint density at radius 2 is 2.06 bits per heavy atom. The molecule has 0 spiro atoms. The van der Waals surface area contributed by atoms with Crippen LogP contribution in [0.1, 0.15) is 11.1 Å². The van der Waals surface area contributed by atoms with Crippen molar-refractivity contribution >= 4 is 17.3 Å². The van der Waals surface area contributed by atoms with Gasteiger partial charge in [0.25, 0.3) is 0 Å². The van der Waals surface area contributed by atoms with Crippen molar-refractivity contribution in [2.24, 2.45) is 0 Å². The average Bonchev–Trinajstić information content (AvgIpc) is 2.28. The molecule has 1 aliphatic heterocycles. The van der Waals surface area contributed by atoms with Crippen molar-refractivity contribution in [3.63, 3.8) is 0 Å². The summed E-state index contributed by atoms with van der Waals surface area (Å²) >= 11 is 5.00. The molecule has 1 aromatic carbocycles. The zero-order valence-corrected chi connectivity index (χ0v) is 10.3. The van der Waals surface area contributed by atoms with Gasteiger partial charge in [-0.05, 0) is 31.1 Å². The Hall–Kier alpha value is -1.13. The molecular weight excluding hydrogens is 218 g/mol. The van der Waals surface area contributed by atoms with Gasteiger partial charge in [0.2, 0.25) is 0 Å². The largest absolute Gasteiger partial charge is 0.350 e. The van der Waals surface area contributed by atoms with Crippen molar-refractivity contribution in [1.82, 2.24) is 15.5 Å². The molecule has 1 fully saturated rings. The molecule has 2 rings (SSSR count). The fraction of sp³-hybridized carbons (Fsp3) is 0.417. The normalized spacial score (nSPS) is 16.7. The van der Waals surface area contributed by atoms with Gasteiger partial charge < -0.3 is 10.6 Å².